The van der Waals surface area contributed by atoms with Crippen molar-refractivity contribution < 1.29 is 57.9 Å². The van der Waals surface area contributed by atoms with Crippen molar-refractivity contribution in [1.82, 2.24) is 0 Å². The Morgan fingerprint density at radius 1 is 0.291 bits per heavy atom. The lowest BCUT2D eigenvalue weighted by Gasteiger charge is -2.31. The molecule has 0 amide bonds. The number of hydrogen-bond donors (Lipinski definition) is 2. The SMILES string of the molecule is CCCCCCCCCCCCCCCCCCOC(=O)CC(O)(CC(=O)OCC(CO)(COC(=O)CCCCCCCCC)COC(=O)CCCCCCCCC)C(=O)OCCCCCCCCCCCCCCCCCC. The van der Waals surface area contributed by atoms with Crippen molar-refractivity contribution in [2.75, 3.05) is 39.6 Å². The Kier molecular flexibility index (Phi) is 55.1. The van der Waals surface area contributed by atoms with Crippen LogP contribution in [-0.2, 0) is 47.7 Å². The monoisotopic (exact) mass is 1120 g/mol. The second kappa shape index (κ2) is 57.1. The molecule has 0 aliphatic heterocycles. The molecule has 2 N–H and O–H groups in total. The Bertz CT molecular complexity index is 1370. The average molecular weight is 1120 g/mol. The van der Waals surface area contributed by atoms with Crippen molar-refractivity contribution >= 4 is 29.8 Å². The highest BCUT2D eigenvalue weighted by Crippen LogP contribution is 2.25. The first-order valence-electron chi connectivity index (χ1n) is 33.6. The summed E-state index contributed by atoms with van der Waals surface area (Å²) in [6, 6.07) is 0. The number of carbonyl (C=O) groups excluding carboxylic acids is 5. The van der Waals surface area contributed by atoms with E-state index in [9.17, 15) is 34.2 Å². The maximum atomic E-state index is 13.6. The molecule has 466 valence electrons. The van der Waals surface area contributed by atoms with Gasteiger partial charge < -0.3 is 33.9 Å². The minimum absolute atomic E-state index is 0.0188. The molecule has 0 aliphatic rings. The van der Waals surface area contributed by atoms with Gasteiger partial charge in [-0.15, -0.1) is 0 Å². The average Bonchev–Trinajstić information content (AvgIpc) is 3.45. The van der Waals surface area contributed by atoms with Crippen LogP contribution in [0.4, 0.5) is 0 Å². The van der Waals surface area contributed by atoms with Gasteiger partial charge in [0.25, 0.3) is 0 Å². The summed E-state index contributed by atoms with van der Waals surface area (Å²) in [6.07, 6.45) is 51.6. The highest BCUT2D eigenvalue weighted by molar-refractivity contribution is 5.90. The minimum Gasteiger partial charge on any atom is -0.466 e. The van der Waals surface area contributed by atoms with E-state index in [0.717, 1.165) is 103 Å². The second-order valence-corrected chi connectivity index (χ2v) is 23.7. The van der Waals surface area contributed by atoms with Gasteiger partial charge in [0, 0.05) is 12.8 Å². The molecular formula is C67H126O12. The fourth-order valence-corrected chi connectivity index (χ4v) is 10.1. The van der Waals surface area contributed by atoms with Crippen LogP contribution < -0.4 is 0 Å². The molecule has 12 nitrogen and oxygen atoms in total. The third-order valence-corrected chi connectivity index (χ3v) is 15.7. The quantitative estimate of drug-likeness (QED) is 0.0336. The van der Waals surface area contributed by atoms with Gasteiger partial charge in [-0.3, -0.25) is 19.2 Å². The molecule has 0 spiro atoms. The molecule has 12 heteroatoms. The number of ether oxygens (including phenoxy) is 5. The van der Waals surface area contributed by atoms with E-state index in [-0.39, 0.29) is 26.1 Å². The lowest BCUT2D eigenvalue weighted by molar-refractivity contribution is -0.180. The molecule has 0 fully saturated rings. The molecule has 0 saturated heterocycles. The van der Waals surface area contributed by atoms with Gasteiger partial charge in [0.15, 0.2) is 5.60 Å². The number of aliphatic hydroxyl groups is 2. The summed E-state index contributed by atoms with van der Waals surface area (Å²) >= 11 is 0. The minimum atomic E-state index is -2.58. The van der Waals surface area contributed by atoms with E-state index in [1.54, 1.807) is 0 Å². The van der Waals surface area contributed by atoms with E-state index in [1.807, 2.05) is 0 Å². The summed E-state index contributed by atoms with van der Waals surface area (Å²) < 4.78 is 27.9. The van der Waals surface area contributed by atoms with E-state index < -0.39 is 80.1 Å². The van der Waals surface area contributed by atoms with Crippen LogP contribution in [0.25, 0.3) is 0 Å². The van der Waals surface area contributed by atoms with Gasteiger partial charge in [0.05, 0.1) is 38.1 Å². The normalized spacial score (nSPS) is 12.3. The molecule has 0 aromatic heterocycles. The van der Waals surface area contributed by atoms with Crippen LogP contribution in [-0.4, -0.2) is 85.3 Å². The van der Waals surface area contributed by atoms with E-state index in [1.165, 1.54) is 167 Å². The molecule has 0 aliphatic carbocycles. The fourth-order valence-electron chi connectivity index (χ4n) is 10.1. The van der Waals surface area contributed by atoms with Crippen LogP contribution in [0.5, 0.6) is 0 Å². The lowest BCUT2D eigenvalue weighted by Crippen LogP contribution is -2.46. The maximum Gasteiger partial charge on any atom is 0.339 e. The molecule has 1 atom stereocenters. The zero-order valence-electron chi connectivity index (χ0n) is 52.1. The van der Waals surface area contributed by atoms with Gasteiger partial charge in [-0.2, -0.15) is 0 Å². The standard InChI is InChI=1S/C67H126O12/c1-5-9-13-17-21-23-25-27-29-31-33-35-37-41-45-49-53-75-63(71)55-67(74,65(73)76-54-50-46-42-38-36-34-32-30-28-26-24-22-18-14-10-6-2)56-64(72)79-60-66(57-68,58-77-61(69)51-47-43-39-19-15-11-7-3)59-78-62(70)52-48-44-40-20-16-12-8-4/h68,74H,5-60H2,1-4H3. The lowest BCUT2D eigenvalue weighted by atomic mass is 9.92. The molecular weight excluding hydrogens is 997 g/mol. The Balaban J connectivity index is 5.45. The predicted octanol–water partition coefficient (Wildman–Crippen LogP) is 18.0. The van der Waals surface area contributed by atoms with E-state index >= 15 is 0 Å². The largest absolute Gasteiger partial charge is 0.466 e. The van der Waals surface area contributed by atoms with Gasteiger partial charge in [-0.05, 0) is 25.7 Å². The number of rotatable bonds is 62. The second-order valence-electron chi connectivity index (χ2n) is 23.7. The topological polar surface area (TPSA) is 172 Å². The Morgan fingerprint density at radius 3 is 0.797 bits per heavy atom. The number of unbranched alkanes of at least 4 members (excludes halogenated alkanes) is 42. The molecule has 1 unspecified atom stereocenters. The summed E-state index contributed by atoms with van der Waals surface area (Å²) in [4.78, 5) is 66.3. The molecule has 0 radical (unpaired) electrons. The van der Waals surface area contributed by atoms with Gasteiger partial charge in [-0.25, -0.2) is 4.79 Å². The molecule has 0 aromatic rings. The Hall–Kier alpha value is -2.73. The number of aliphatic hydroxyl groups excluding tert-OH is 1. The van der Waals surface area contributed by atoms with E-state index in [0.29, 0.717) is 25.7 Å². The number of esters is 5. The van der Waals surface area contributed by atoms with Crippen molar-refractivity contribution in [3.63, 3.8) is 0 Å². The fraction of sp³-hybridized carbons (Fsp3) is 0.925. The van der Waals surface area contributed by atoms with Gasteiger partial charge >= 0.3 is 29.8 Å². The molecule has 0 heterocycles. The van der Waals surface area contributed by atoms with Gasteiger partial charge in [0.2, 0.25) is 0 Å². The predicted molar refractivity (Wildman–Crippen MR) is 323 cm³/mol. The smallest absolute Gasteiger partial charge is 0.339 e. The molecule has 0 rings (SSSR count). The number of hydrogen-bond acceptors (Lipinski definition) is 12. The number of carbonyl (C=O) groups is 5. The first kappa shape index (κ1) is 76.3. The van der Waals surface area contributed by atoms with Crippen molar-refractivity contribution in [2.24, 2.45) is 5.41 Å². The zero-order chi connectivity index (χ0) is 58.0. The summed E-state index contributed by atoms with van der Waals surface area (Å²) in [5, 5.41) is 22.5. The van der Waals surface area contributed by atoms with Crippen LogP contribution in [0.3, 0.4) is 0 Å². The highest BCUT2D eigenvalue weighted by Gasteiger charge is 2.44. The Morgan fingerprint density at radius 2 is 0.519 bits per heavy atom. The van der Waals surface area contributed by atoms with Gasteiger partial charge in [-0.1, -0.05) is 297 Å². The molecule has 0 aromatic carbocycles. The highest BCUT2D eigenvalue weighted by atomic mass is 16.6. The van der Waals surface area contributed by atoms with Crippen LogP contribution in [0.1, 0.15) is 349 Å². The summed E-state index contributed by atoms with van der Waals surface area (Å²) in [6.45, 7) is 6.99. The Labute approximate surface area is 485 Å². The van der Waals surface area contributed by atoms with Crippen LogP contribution in [0, 0.1) is 5.41 Å². The van der Waals surface area contributed by atoms with Crippen LogP contribution >= 0.6 is 0 Å². The van der Waals surface area contributed by atoms with Gasteiger partial charge in [0.1, 0.15) is 19.8 Å². The van der Waals surface area contributed by atoms with Crippen molar-refractivity contribution in [3.8, 4) is 0 Å². The first-order valence-corrected chi connectivity index (χ1v) is 33.6. The van der Waals surface area contributed by atoms with Crippen LogP contribution in [0.15, 0.2) is 0 Å². The first-order chi connectivity index (χ1) is 38.5. The molecule has 0 bridgehead atoms. The summed E-state index contributed by atoms with van der Waals surface area (Å²) in [7, 11) is 0. The third kappa shape index (κ3) is 49.6. The summed E-state index contributed by atoms with van der Waals surface area (Å²) in [5.41, 5.74) is -4.09. The molecule has 79 heavy (non-hydrogen) atoms. The van der Waals surface area contributed by atoms with E-state index in [4.69, 9.17) is 23.7 Å². The molecule has 0 saturated carbocycles. The summed E-state index contributed by atoms with van der Waals surface area (Å²) in [5.74, 6) is -3.95. The zero-order valence-corrected chi connectivity index (χ0v) is 52.1. The van der Waals surface area contributed by atoms with Crippen LogP contribution in [0.2, 0.25) is 0 Å². The van der Waals surface area contributed by atoms with Crippen molar-refractivity contribution in [2.45, 2.75) is 354 Å². The van der Waals surface area contributed by atoms with Crippen molar-refractivity contribution in [3.05, 3.63) is 0 Å². The van der Waals surface area contributed by atoms with E-state index in [2.05, 4.69) is 27.7 Å². The maximum absolute atomic E-state index is 13.6. The van der Waals surface area contributed by atoms with Crippen molar-refractivity contribution in [1.29, 1.82) is 0 Å². The third-order valence-electron chi connectivity index (χ3n) is 15.7.